The van der Waals surface area contributed by atoms with Crippen LogP contribution in [-0.2, 0) is 4.79 Å². The summed E-state index contributed by atoms with van der Waals surface area (Å²) in [6.45, 7) is 3.58. The van der Waals surface area contributed by atoms with E-state index in [1.165, 1.54) is 12.1 Å². The second-order valence-corrected chi connectivity index (χ2v) is 6.55. The lowest BCUT2D eigenvalue weighted by Crippen LogP contribution is -2.91. The Labute approximate surface area is 155 Å². The summed E-state index contributed by atoms with van der Waals surface area (Å²) >= 11 is 11.8. The van der Waals surface area contributed by atoms with Crippen LogP contribution in [0.3, 0.4) is 0 Å². The zero-order valence-corrected chi connectivity index (χ0v) is 15.2. The van der Waals surface area contributed by atoms with Crippen molar-refractivity contribution >= 4 is 34.8 Å². The third kappa shape index (κ3) is 4.93. The number of nitriles is 1. The Morgan fingerprint density at radius 1 is 1.20 bits per heavy atom. The molecule has 0 aliphatic carbocycles. The maximum Gasteiger partial charge on any atom is 0.282 e. The van der Waals surface area contributed by atoms with E-state index in [1.807, 2.05) is 13.0 Å². The standard InChI is InChI=1S/C18H16Cl2FN3O/c1-10(14-7-17(21)16(20)8-15(14)19)23-11(2)18(25)24-13-5-3-12(9-22)4-6-13/h3-8,10-11,23H,1-2H3,(H,24,25)/p+1/t10-,11+/m0/s1. The highest BCUT2D eigenvalue weighted by Gasteiger charge is 2.23. The Balaban J connectivity index is 2.02. The summed E-state index contributed by atoms with van der Waals surface area (Å²) < 4.78 is 13.7. The van der Waals surface area contributed by atoms with Crippen molar-refractivity contribution in [2.45, 2.75) is 25.9 Å². The molecule has 1 amide bonds. The normalized spacial score (nSPS) is 13.0. The van der Waals surface area contributed by atoms with Crippen LogP contribution in [0.15, 0.2) is 36.4 Å². The third-order valence-electron chi connectivity index (χ3n) is 3.80. The van der Waals surface area contributed by atoms with Crippen LogP contribution in [0.1, 0.15) is 31.0 Å². The highest BCUT2D eigenvalue weighted by atomic mass is 35.5. The lowest BCUT2D eigenvalue weighted by Gasteiger charge is -2.18. The summed E-state index contributed by atoms with van der Waals surface area (Å²) in [4.78, 5) is 12.3. The van der Waals surface area contributed by atoms with Crippen LogP contribution in [-0.4, -0.2) is 11.9 Å². The fourth-order valence-corrected chi connectivity index (χ4v) is 2.95. The Bertz CT molecular complexity index is 818. The molecule has 130 valence electrons. The topological polar surface area (TPSA) is 69.5 Å². The van der Waals surface area contributed by atoms with Crippen molar-refractivity contribution in [2.75, 3.05) is 5.32 Å². The van der Waals surface area contributed by atoms with E-state index >= 15 is 0 Å². The van der Waals surface area contributed by atoms with Gasteiger partial charge in [-0.15, -0.1) is 0 Å². The van der Waals surface area contributed by atoms with Crippen molar-refractivity contribution in [3.63, 3.8) is 0 Å². The number of quaternary nitrogens is 1. The quantitative estimate of drug-likeness (QED) is 0.777. The predicted molar refractivity (Wildman–Crippen MR) is 96.0 cm³/mol. The molecule has 0 saturated carbocycles. The number of anilines is 1. The molecule has 7 heteroatoms. The van der Waals surface area contributed by atoms with Crippen molar-refractivity contribution in [3.05, 3.63) is 63.4 Å². The summed E-state index contributed by atoms with van der Waals surface area (Å²) in [5, 5.41) is 13.7. The van der Waals surface area contributed by atoms with E-state index in [-0.39, 0.29) is 17.0 Å². The number of hydrogen-bond donors (Lipinski definition) is 2. The molecule has 0 aliphatic rings. The van der Waals surface area contributed by atoms with E-state index in [0.29, 0.717) is 21.8 Å². The van der Waals surface area contributed by atoms with Crippen LogP contribution in [0.5, 0.6) is 0 Å². The summed E-state index contributed by atoms with van der Waals surface area (Å²) in [7, 11) is 0. The van der Waals surface area contributed by atoms with Gasteiger partial charge in [-0.3, -0.25) is 4.79 Å². The first-order valence-corrected chi connectivity index (χ1v) is 8.38. The smallest absolute Gasteiger partial charge is 0.282 e. The largest absolute Gasteiger partial charge is 0.330 e. The number of carbonyl (C=O) groups is 1. The molecule has 0 saturated heterocycles. The summed E-state index contributed by atoms with van der Waals surface area (Å²) in [6.07, 6.45) is 0. The first kappa shape index (κ1) is 19.2. The number of nitrogens with two attached hydrogens (primary N) is 1. The lowest BCUT2D eigenvalue weighted by atomic mass is 10.1. The molecule has 4 nitrogen and oxygen atoms in total. The molecule has 0 spiro atoms. The van der Waals surface area contributed by atoms with Crippen molar-refractivity contribution in [1.29, 1.82) is 5.26 Å². The molecule has 2 rings (SSSR count). The van der Waals surface area contributed by atoms with Gasteiger partial charge in [0.15, 0.2) is 6.04 Å². The van der Waals surface area contributed by atoms with Gasteiger partial charge in [0.25, 0.3) is 5.91 Å². The monoisotopic (exact) mass is 380 g/mol. The third-order valence-corrected chi connectivity index (χ3v) is 4.42. The van der Waals surface area contributed by atoms with Crippen molar-refractivity contribution < 1.29 is 14.5 Å². The number of halogens is 3. The lowest BCUT2D eigenvalue weighted by molar-refractivity contribution is -0.709. The van der Waals surface area contributed by atoms with Gasteiger partial charge in [0.1, 0.15) is 11.9 Å². The molecule has 3 N–H and O–H groups in total. The van der Waals surface area contributed by atoms with Gasteiger partial charge in [-0.25, -0.2) is 4.39 Å². The summed E-state index contributed by atoms with van der Waals surface area (Å²) in [6, 6.07) is 10.6. The van der Waals surface area contributed by atoms with E-state index in [1.54, 1.807) is 36.5 Å². The van der Waals surface area contributed by atoms with E-state index in [2.05, 4.69) is 5.32 Å². The average Bonchev–Trinajstić information content (AvgIpc) is 2.58. The van der Waals surface area contributed by atoms with Gasteiger partial charge < -0.3 is 10.6 Å². The molecule has 0 fully saturated rings. The Hall–Kier alpha value is -2.13. The highest BCUT2D eigenvalue weighted by Crippen LogP contribution is 2.27. The van der Waals surface area contributed by atoms with Gasteiger partial charge in [-0.1, -0.05) is 23.2 Å². The molecule has 0 unspecified atom stereocenters. The molecule has 0 aliphatic heterocycles. The first-order valence-electron chi connectivity index (χ1n) is 7.62. The van der Waals surface area contributed by atoms with Gasteiger partial charge >= 0.3 is 0 Å². The molecule has 0 bridgehead atoms. The van der Waals surface area contributed by atoms with Gasteiger partial charge in [0.2, 0.25) is 0 Å². The average molecular weight is 381 g/mol. The second-order valence-electron chi connectivity index (χ2n) is 5.74. The molecule has 2 atom stereocenters. The first-order chi connectivity index (χ1) is 11.8. The number of amides is 1. The minimum Gasteiger partial charge on any atom is -0.330 e. The van der Waals surface area contributed by atoms with Gasteiger partial charge in [-0.2, -0.15) is 5.26 Å². The predicted octanol–water partition coefficient (Wildman–Crippen LogP) is 3.66. The molecule has 0 aromatic heterocycles. The van der Waals surface area contributed by atoms with Crippen LogP contribution in [0.2, 0.25) is 10.0 Å². The van der Waals surface area contributed by atoms with E-state index in [4.69, 9.17) is 28.5 Å². The highest BCUT2D eigenvalue weighted by molar-refractivity contribution is 6.35. The Morgan fingerprint density at radius 3 is 2.44 bits per heavy atom. The van der Waals surface area contributed by atoms with Gasteiger partial charge in [0, 0.05) is 11.3 Å². The molecule has 2 aromatic carbocycles. The molecule has 0 heterocycles. The molecule has 2 aromatic rings. The summed E-state index contributed by atoms with van der Waals surface area (Å²) in [5.41, 5.74) is 1.69. The maximum atomic E-state index is 13.7. The van der Waals surface area contributed by atoms with Crippen LogP contribution < -0.4 is 10.6 Å². The molecular formula is C18H17Cl2FN3O+. The zero-order chi connectivity index (χ0) is 18.6. The summed E-state index contributed by atoms with van der Waals surface area (Å²) in [5.74, 6) is -0.752. The number of carbonyl (C=O) groups excluding carboxylic acids is 1. The number of hydrogen-bond acceptors (Lipinski definition) is 2. The van der Waals surface area contributed by atoms with Crippen molar-refractivity contribution in [3.8, 4) is 6.07 Å². The van der Waals surface area contributed by atoms with Crippen LogP contribution >= 0.6 is 23.2 Å². The second kappa shape index (κ2) is 8.30. The van der Waals surface area contributed by atoms with Crippen LogP contribution in [0.25, 0.3) is 0 Å². The SMILES string of the molecule is C[C@H]([NH2+][C@H](C)C(=O)Nc1ccc(C#N)cc1)c1cc(F)c(Cl)cc1Cl. The van der Waals surface area contributed by atoms with Crippen LogP contribution in [0.4, 0.5) is 10.1 Å². The zero-order valence-electron chi connectivity index (χ0n) is 13.7. The minimum absolute atomic E-state index is 0.0347. The Morgan fingerprint density at radius 2 is 1.84 bits per heavy atom. The van der Waals surface area contributed by atoms with Crippen molar-refractivity contribution in [1.82, 2.24) is 0 Å². The van der Waals surface area contributed by atoms with Crippen molar-refractivity contribution in [2.24, 2.45) is 0 Å². The number of nitrogens with zero attached hydrogens (tertiary/aromatic N) is 1. The number of rotatable bonds is 5. The van der Waals surface area contributed by atoms with Gasteiger partial charge in [0.05, 0.1) is 21.7 Å². The fourth-order valence-electron chi connectivity index (χ4n) is 2.40. The van der Waals surface area contributed by atoms with E-state index in [9.17, 15) is 9.18 Å². The molecular weight excluding hydrogens is 364 g/mol. The van der Waals surface area contributed by atoms with E-state index < -0.39 is 11.9 Å². The van der Waals surface area contributed by atoms with Gasteiger partial charge in [-0.05, 0) is 50.2 Å². The van der Waals surface area contributed by atoms with Crippen LogP contribution in [0, 0.1) is 17.1 Å². The van der Waals surface area contributed by atoms with E-state index in [0.717, 1.165) is 0 Å². The number of benzene rings is 2. The molecule has 25 heavy (non-hydrogen) atoms. The maximum absolute atomic E-state index is 13.7. The Kier molecular flexibility index (Phi) is 6.38. The molecule has 0 radical (unpaired) electrons. The minimum atomic E-state index is -0.545. The number of nitrogens with one attached hydrogen (secondary N) is 1. The fraction of sp³-hybridized carbons (Fsp3) is 0.222.